The monoisotopic (exact) mass is 290 g/mol. The predicted octanol–water partition coefficient (Wildman–Crippen LogP) is 1.41. The number of nitriles is 1. The third-order valence-corrected chi connectivity index (χ3v) is 2.99. The molecule has 0 aliphatic carbocycles. The number of nitrogens with zero attached hydrogens (tertiary/aromatic N) is 1. The molecular formula is C15H18N2O4. The summed E-state index contributed by atoms with van der Waals surface area (Å²) in [5.74, 6) is -1.53. The summed E-state index contributed by atoms with van der Waals surface area (Å²) in [6.45, 7) is 3.45. The van der Waals surface area contributed by atoms with Gasteiger partial charge in [0.15, 0.2) is 6.61 Å². The Morgan fingerprint density at radius 1 is 1.33 bits per heavy atom. The fourth-order valence-corrected chi connectivity index (χ4v) is 1.66. The Bertz CT molecular complexity index is 532. The number of amides is 1. The van der Waals surface area contributed by atoms with E-state index in [2.05, 4.69) is 5.32 Å². The molecule has 0 aromatic heterocycles. The molecule has 1 amide bonds. The summed E-state index contributed by atoms with van der Waals surface area (Å²) in [5.41, 5.74) is 0.507. The van der Waals surface area contributed by atoms with Crippen LogP contribution >= 0.6 is 0 Å². The van der Waals surface area contributed by atoms with Crippen molar-refractivity contribution in [1.82, 2.24) is 5.32 Å². The van der Waals surface area contributed by atoms with Crippen molar-refractivity contribution in [3.63, 3.8) is 0 Å². The van der Waals surface area contributed by atoms with E-state index >= 15 is 0 Å². The van der Waals surface area contributed by atoms with Crippen LogP contribution in [0.1, 0.15) is 19.4 Å². The zero-order chi connectivity index (χ0) is 15.8. The van der Waals surface area contributed by atoms with Crippen LogP contribution in [0.2, 0.25) is 0 Å². The van der Waals surface area contributed by atoms with E-state index in [0.29, 0.717) is 11.3 Å². The number of carboxylic acid groups (broad SMARTS) is 1. The average molecular weight is 290 g/mol. The molecule has 0 aliphatic rings. The number of carbonyl (C=O) groups is 2. The lowest BCUT2D eigenvalue weighted by Crippen LogP contribution is -2.37. The molecule has 1 aromatic carbocycles. The maximum atomic E-state index is 11.6. The summed E-state index contributed by atoms with van der Waals surface area (Å²) in [4.78, 5) is 22.6. The molecule has 1 aromatic rings. The van der Waals surface area contributed by atoms with Gasteiger partial charge in [0.2, 0.25) is 0 Å². The first-order valence-corrected chi connectivity index (χ1v) is 6.56. The van der Waals surface area contributed by atoms with Crippen LogP contribution in [0.5, 0.6) is 5.75 Å². The minimum Gasteiger partial charge on any atom is -0.484 e. The molecule has 0 saturated carbocycles. The van der Waals surface area contributed by atoms with Gasteiger partial charge in [-0.3, -0.25) is 9.59 Å². The van der Waals surface area contributed by atoms with Crippen molar-refractivity contribution in [2.45, 2.75) is 13.8 Å². The fraction of sp³-hybridized carbons (Fsp3) is 0.400. The van der Waals surface area contributed by atoms with Crippen LogP contribution in [-0.2, 0) is 9.59 Å². The zero-order valence-corrected chi connectivity index (χ0v) is 12.0. The maximum Gasteiger partial charge on any atom is 0.308 e. The van der Waals surface area contributed by atoms with E-state index in [4.69, 9.17) is 15.1 Å². The minimum atomic E-state index is -0.932. The zero-order valence-electron chi connectivity index (χ0n) is 12.0. The van der Waals surface area contributed by atoms with Crippen molar-refractivity contribution >= 4 is 11.9 Å². The molecule has 112 valence electrons. The van der Waals surface area contributed by atoms with Gasteiger partial charge in [0.25, 0.3) is 5.91 Å². The predicted molar refractivity (Wildman–Crippen MR) is 75.6 cm³/mol. The van der Waals surface area contributed by atoms with Crippen LogP contribution in [0.3, 0.4) is 0 Å². The van der Waals surface area contributed by atoms with Gasteiger partial charge in [0.05, 0.1) is 17.6 Å². The highest BCUT2D eigenvalue weighted by Gasteiger charge is 2.21. The summed E-state index contributed by atoms with van der Waals surface area (Å²) >= 11 is 0. The third-order valence-electron chi connectivity index (χ3n) is 2.99. The molecule has 0 heterocycles. The van der Waals surface area contributed by atoms with Gasteiger partial charge in [-0.15, -0.1) is 0 Å². The Labute approximate surface area is 123 Å². The highest BCUT2D eigenvalue weighted by molar-refractivity contribution is 5.78. The lowest BCUT2D eigenvalue weighted by atomic mass is 9.96. The molecule has 1 unspecified atom stereocenters. The van der Waals surface area contributed by atoms with Gasteiger partial charge in [-0.1, -0.05) is 13.8 Å². The molecule has 1 rings (SSSR count). The van der Waals surface area contributed by atoms with Crippen molar-refractivity contribution < 1.29 is 19.4 Å². The van der Waals surface area contributed by atoms with Crippen molar-refractivity contribution in [3.05, 3.63) is 29.8 Å². The van der Waals surface area contributed by atoms with Crippen LogP contribution in [0.25, 0.3) is 0 Å². The topological polar surface area (TPSA) is 99.4 Å². The lowest BCUT2D eigenvalue weighted by Gasteiger charge is -2.16. The van der Waals surface area contributed by atoms with Gasteiger partial charge in [-0.25, -0.2) is 0 Å². The first kappa shape index (κ1) is 16.5. The Balaban J connectivity index is 2.40. The van der Waals surface area contributed by atoms with Gasteiger partial charge in [-0.05, 0) is 30.2 Å². The molecule has 0 spiro atoms. The molecule has 0 saturated heterocycles. The number of hydrogen-bond donors (Lipinski definition) is 2. The van der Waals surface area contributed by atoms with Gasteiger partial charge in [0.1, 0.15) is 5.75 Å². The van der Waals surface area contributed by atoms with E-state index in [1.54, 1.807) is 38.1 Å². The van der Waals surface area contributed by atoms with Gasteiger partial charge in [-0.2, -0.15) is 5.26 Å². The van der Waals surface area contributed by atoms with Crippen LogP contribution < -0.4 is 10.1 Å². The second kappa shape index (κ2) is 7.90. The number of ether oxygens (including phenoxy) is 1. The number of rotatable bonds is 7. The number of benzene rings is 1. The molecule has 0 aliphatic heterocycles. The van der Waals surface area contributed by atoms with Gasteiger partial charge < -0.3 is 15.2 Å². The Morgan fingerprint density at radius 2 is 1.95 bits per heavy atom. The number of nitrogens with one attached hydrogen (secondary N) is 1. The largest absolute Gasteiger partial charge is 0.484 e. The number of aliphatic carboxylic acids is 1. The van der Waals surface area contributed by atoms with E-state index in [0.717, 1.165) is 0 Å². The van der Waals surface area contributed by atoms with Crippen LogP contribution in [0, 0.1) is 23.2 Å². The van der Waals surface area contributed by atoms with Crippen LogP contribution in [-0.4, -0.2) is 30.1 Å². The van der Waals surface area contributed by atoms with Gasteiger partial charge in [0, 0.05) is 6.54 Å². The fourth-order valence-electron chi connectivity index (χ4n) is 1.66. The van der Waals surface area contributed by atoms with E-state index in [1.165, 1.54) is 0 Å². The highest BCUT2D eigenvalue weighted by Crippen LogP contribution is 2.12. The van der Waals surface area contributed by atoms with Crippen molar-refractivity contribution in [2.24, 2.45) is 11.8 Å². The van der Waals surface area contributed by atoms with E-state index < -0.39 is 11.9 Å². The number of hydrogen-bond acceptors (Lipinski definition) is 4. The molecule has 21 heavy (non-hydrogen) atoms. The van der Waals surface area contributed by atoms with Crippen LogP contribution in [0.15, 0.2) is 24.3 Å². The van der Waals surface area contributed by atoms with E-state index in [9.17, 15) is 9.59 Å². The second-order valence-corrected chi connectivity index (χ2v) is 4.92. The summed E-state index contributed by atoms with van der Waals surface area (Å²) in [6, 6.07) is 8.36. The summed E-state index contributed by atoms with van der Waals surface area (Å²) < 4.78 is 5.25. The Hall–Kier alpha value is -2.55. The Morgan fingerprint density at radius 3 is 2.43 bits per heavy atom. The molecule has 0 bridgehead atoms. The minimum absolute atomic E-state index is 0.0674. The van der Waals surface area contributed by atoms with Gasteiger partial charge >= 0.3 is 5.97 Å². The second-order valence-electron chi connectivity index (χ2n) is 4.92. The first-order chi connectivity index (χ1) is 9.93. The lowest BCUT2D eigenvalue weighted by molar-refractivity contribution is -0.143. The highest BCUT2D eigenvalue weighted by atomic mass is 16.5. The quantitative estimate of drug-likeness (QED) is 0.791. The number of carboxylic acids is 1. The Kier molecular flexibility index (Phi) is 6.21. The standard InChI is InChI=1S/C15H18N2O4/c1-10(2)13(15(19)20)8-17-14(18)9-21-12-5-3-11(7-16)4-6-12/h3-6,10,13H,8-9H2,1-2H3,(H,17,18)(H,19,20). The molecule has 2 N–H and O–H groups in total. The van der Waals surface area contributed by atoms with E-state index in [1.807, 2.05) is 6.07 Å². The number of carbonyl (C=O) groups excluding carboxylic acids is 1. The molecule has 6 heteroatoms. The van der Waals surface area contributed by atoms with Crippen molar-refractivity contribution in [3.8, 4) is 11.8 Å². The summed E-state index contributed by atoms with van der Waals surface area (Å²) in [5, 5.41) is 20.2. The molecule has 1 atom stereocenters. The van der Waals surface area contributed by atoms with Crippen LogP contribution in [0.4, 0.5) is 0 Å². The smallest absolute Gasteiger partial charge is 0.308 e. The molecular weight excluding hydrogens is 272 g/mol. The molecule has 0 fully saturated rings. The normalized spacial score (nSPS) is 11.5. The first-order valence-electron chi connectivity index (χ1n) is 6.56. The summed E-state index contributed by atoms with van der Waals surface area (Å²) in [6.07, 6.45) is 0. The van der Waals surface area contributed by atoms with Crippen molar-refractivity contribution in [1.29, 1.82) is 5.26 Å². The van der Waals surface area contributed by atoms with E-state index in [-0.39, 0.29) is 25.0 Å². The molecule has 0 radical (unpaired) electrons. The third kappa shape index (κ3) is 5.53. The average Bonchev–Trinajstić information content (AvgIpc) is 2.45. The maximum absolute atomic E-state index is 11.6. The molecule has 6 nitrogen and oxygen atoms in total. The van der Waals surface area contributed by atoms with Crippen molar-refractivity contribution in [2.75, 3.05) is 13.2 Å². The summed E-state index contributed by atoms with van der Waals surface area (Å²) in [7, 11) is 0. The SMILES string of the molecule is CC(C)C(CNC(=O)COc1ccc(C#N)cc1)C(=O)O.